The molecule has 0 aliphatic heterocycles. The number of amides is 1. The predicted octanol–water partition coefficient (Wildman–Crippen LogP) is 2.61. The Morgan fingerprint density at radius 3 is 2.17 bits per heavy atom. The lowest BCUT2D eigenvalue weighted by molar-refractivity contribution is -0.139. The standard InChI is InChI=1S/C15H23NO2/c1-4-13(15(18)16(5-2)6-3)14(17)12-10-8-7-9-11-12/h7-11,13-14,17H,4-6H2,1-3H3/t13-,14+/m1/s1. The normalized spacial score (nSPS) is 14.0. The fourth-order valence-corrected chi connectivity index (χ4v) is 2.19. The number of carbonyl (C=O) groups is 1. The van der Waals surface area contributed by atoms with Gasteiger partial charge < -0.3 is 10.0 Å². The average Bonchev–Trinajstić information content (AvgIpc) is 2.42. The van der Waals surface area contributed by atoms with Crippen LogP contribution in [0.5, 0.6) is 0 Å². The molecule has 1 N–H and O–H groups in total. The number of benzene rings is 1. The van der Waals surface area contributed by atoms with Crippen molar-refractivity contribution < 1.29 is 9.90 Å². The third kappa shape index (κ3) is 3.33. The second-order valence-corrected chi connectivity index (χ2v) is 4.38. The van der Waals surface area contributed by atoms with Crippen LogP contribution in [0.1, 0.15) is 38.9 Å². The molecule has 1 amide bonds. The minimum atomic E-state index is -0.718. The minimum Gasteiger partial charge on any atom is -0.388 e. The van der Waals surface area contributed by atoms with Crippen molar-refractivity contribution in [1.29, 1.82) is 0 Å². The van der Waals surface area contributed by atoms with Crippen molar-refractivity contribution >= 4 is 5.91 Å². The minimum absolute atomic E-state index is 0.0406. The van der Waals surface area contributed by atoms with E-state index in [0.717, 1.165) is 5.56 Å². The van der Waals surface area contributed by atoms with Gasteiger partial charge in [-0.2, -0.15) is 0 Å². The van der Waals surface area contributed by atoms with Gasteiger partial charge in [0.1, 0.15) is 0 Å². The van der Waals surface area contributed by atoms with Crippen molar-refractivity contribution in [2.75, 3.05) is 13.1 Å². The number of nitrogens with zero attached hydrogens (tertiary/aromatic N) is 1. The first kappa shape index (κ1) is 14.7. The number of aliphatic hydroxyl groups is 1. The first-order chi connectivity index (χ1) is 8.65. The number of hydrogen-bond acceptors (Lipinski definition) is 2. The van der Waals surface area contributed by atoms with E-state index >= 15 is 0 Å². The molecule has 0 radical (unpaired) electrons. The van der Waals surface area contributed by atoms with Crippen LogP contribution >= 0.6 is 0 Å². The van der Waals surface area contributed by atoms with E-state index in [4.69, 9.17) is 0 Å². The zero-order valence-corrected chi connectivity index (χ0v) is 11.5. The summed E-state index contributed by atoms with van der Waals surface area (Å²) in [6.45, 7) is 7.24. The van der Waals surface area contributed by atoms with Gasteiger partial charge >= 0.3 is 0 Å². The average molecular weight is 249 g/mol. The fraction of sp³-hybridized carbons (Fsp3) is 0.533. The highest BCUT2D eigenvalue weighted by molar-refractivity contribution is 5.79. The highest BCUT2D eigenvalue weighted by atomic mass is 16.3. The molecular weight excluding hydrogens is 226 g/mol. The van der Waals surface area contributed by atoms with Gasteiger partial charge in [-0.15, -0.1) is 0 Å². The molecule has 2 atom stereocenters. The highest BCUT2D eigenvalue weighted by Gasteiger charge is 2.28. The van der Waals surface area contributed by atoms with Crippen LogP contribution in [-0.4, -0.2) is 29.0 Å². The Bertz CT molecular complexity index is 360. The summed E-state index contributed by atoms with van der Waals surface area (Å²) in [4.78, 5) is 14.1. The van der Waals surface area contributed by atoms with Gasteiger partial charge in [0, 0.05) is 13.1 Å². The van der Waals surface area contributed by atoms with Crippen molar-refractivity contribution in [2.45, 2.75) is 33.3 Å². The number of hydrogen-bond donors (Lipinski definition) is 1. The molecule has 100 valence electrons. The lowest BCUT2D eigenvalue weighted by atomic mass is 9.92. The van der Waals surface area contributed by atoms with E-state index in [0.29, 0.717) is 19.5 Å². The van der Waals surface area contributed by atoms with Gasteiger partial charge in [-0.25, -0.2) is 0 Å². The predicted molar refractivity (Wildman–Crippen MR) is 73.1 cm³/mol. The Morgan fingerprint density at radius 1 is 1.17 bits per heavy atom. The van der Waals surface area contributed by atoms with Gasteiger partial charge in [0.25, 0.3) is 0 Å². The number of rotatable bonds is 6. The van der Waals surface area contributed by atoms with Crippen LogP contribution in [-0.2, 0) is 4.79 Å². The molecule has 0 spiro atoms. The third-order valence-corrected chi connectivity index (χ3v) is 3.35. The van der Waals surface area contributed by atoms with Crippen molar-refractivity contribution in [2.24, 2.45) is 5.92 Å². The molecule has 18 heavy (non-hydrogen) atoms. The monoisotopic (exact) mass is 249 g/mol. The molecular formula is C15H23NO2. The van der Waals surface area contributed by atoms with Crippen molar-refractivity contribution in [1.82, 2.24) is 4.90 Å². The summed E-state index contributed by atoms with van der Waals surface area (Å²) in [5.74, 6) is -0.314. The largest absolute Gasteiger partial charge is 0.388 e. The van der Waals surface area contributed by atoms with Crippen molar-refractivity contribution in [3.8, 4) is 0 Å². The summed E-state index contributed by atoms with van der Waals surface area (Å²) in [6.07, 6.45) is -0.0740. The second kappa shape index (κ2) is 7.17. The summed E-state index contributed by atoms with van der Waals surface area (Å²) in [7, 11) is 0. The summed E-state index contributed by atoms with van der Waals surface area (Å²) in [5, 5.41) is 10.3. The number of aliphatic hydroxyl groups excluding tert-OH is 1. The zero-order valence-electron chi connectivity index (χ0n) is 11.5. The summed E-state index contributed by atoms with van der Waals surface area (Å²) < 4.78 is 0. The Hall–Kier alpha value is -1.35. The van der Waals surface area contributed by atoms with Crippen LogP contribution in [0.25, 0.3) is 0 Å². The molecule has 0 bridgehead atoms. The summed E-state index contributed by atoms with van der Waals surface area (Å²) >= 11 is 0. The Morgan fingerprint density at radius 2 is 1.72 bits per heavy atom. The van der Waals surface area contributed by atoms with Crippen LogP contribution in [0, 0.1) is 5.92 Å². The first-order valence-electron chi connectivity index (χ1n) is 6.67. The van der Waals surface area contributed by atoms with E-state index in [2.05, 4.69) is 0 Å². The van der Waals surface area contributed by atoms with Crippen molar-refractivity contribution in [3.63, 3.8) is 0 Å². The lowest BCUT2D eigenvalue weighted by Crippen LogP contribution is -2.38. The zero-order chi connectivity index (χ0) is 13.5. The van der Waals surface area contributed by atoms with Gasteiger partial charge in [0.05, 0.1) is 12.0 Å². The van der Waals surface area contributed by atoms with Gasteiger partial charge in [0.15, 0.2) is 0 Å². The molecule has 0 heterocycles. The topological polar surface area (TPSA) is 40.5 Å². The molecule has 3 heteroatoms. The smallest absolute Gasteiger partial charge is 0.228 e. The van der Waals surface area contributed by atoms with E-state index in [1.165, 1.54) is 0 Å². The van der Waals surface area contributed by atoms with Crippen LogP contribution < -0.4 is 0 Å². The van der Waals surface area contributed by atoms with Crippen molar-refractivity contribution in [3.05, 3.63) is 35.9 Å². The van der Waals surface area contributed by atoms with E-state index < -0.39 is 6.10 Å². The van der Waals surface area contributed by atoms with Crippen LogP contribution in [0.4, 0.5) is 0 Å². The quantitative estimate of drug-likeness (QED) is 0.842. The van der Waals surface area contributed by atoms with Gasteiger partial charge in [-0.3, -0.25) is 4.79 Å². The highest BCUT2D eigenvalue weighted by Crippen LogP contribution is 2.26. The van der Waals surface area contributed by atoms with E-state index in [1.807, 2.05) is 51.1 Å². The Kier molecular flexibility index (Phi) is 5.86. The molecule has 0 saturated heterocycles. The maximum Gasteiger partial charge on any atom is 0.228 e. The first-order valence-corrected chi connectivity index (χ1v) is 6.67. The van der Waals surface area contributed by atoms with Gasteiger partial charge in [-0.05, 0) is 25.8 Å². The van der Waals surface area contributed by atoms with Gasteiger partial charge in [-0.1, -0.05) is 37.3 Å². The van der Waals surface area contributed by atoms with E-state index in [9.17, 15) is 9.90 Å². The van der Waals surface area contributed by atoms with Crippen LogP contribution in [0.3, 0.4) is 0 Å². The third-order valence-electron chi connectivity index (χ3n) is 3.35. The molecule has 0 saturated carbocycles. The second-order valence-electron chi connectivity index (χ2n) is 4.38. The maximum absolute atomic E-state index is 12.3. The van der Waals surface area contributed by atoms with Gasteiger partial charge in [0.2, 0.25) is 5.91 Å². The molecule has 1 aromatic rings. The Labute approximate surface area is 109 Å². The summed E-state index contributed by atoms with van der Waals surface area (Å²) in [6, 6.07) is 9.40. The molecule has 1 aromatic carbocycles. The van der Waals surface area contributed by atoms with E-state index in [1.54, 1.807) is 4.90 Å². The molecule has 0 aromatic heterocycles. The molecule has 0 fully saturated rings. The summed E-state index contributed by atoms with van der Waals surface area (Å²) in [5.41, 5.74) is 0.810. The molecule has 0 aliphatic rings. The fourth-order valence-electron chi connectivity index (χ4n) is 2.19. The SMILES string of the molecule is CC[C@@H](C(=O)N(CC)CC)[C@@H](O)c1ccccc1. The van der Waals surface area contributed by atoms with E-state index in [-0.39, 0.29) is 11.8 Å². The lowest BCUT2D eigenvalue weighted by Gasteiger charge is -2.27. The molecule has 1 rings (SSSR count). The number of carbonyl (C=O) groups excluding carboxylic acids is 1. The molecule has 3 nitrogen and oxygen atoms in total. The van der Waals surface area contributed by atoms with Crippen LogP contribution in [0.15, 0.2) is 30.3 Å². The maximum atomic E-state index is 12.3. The molecule has 0 aliphatic carbocycles. The Balaban J connectivity index is 2.86. The molecule has 0 unspecified atom stereocenters. The van der Waals surface area contributed by atoms with Crippen LogP contribution in [0.2, 0.25) is 0 Å².